The van der Waals surface area contributed by atoms with E-state index in [-0.39, 0.29) is 0 Å². The normalized spacial score (nSPS) is 10.8. The van der Waals surface area contributed by atoms with E-state index < -0.39 is 0 Å². The summed E-state index contributed by atoms with van der Waals surface area (Å²) in [4.78, 5) is 10.2. The number of fused-ring (bicyclic) bond motifs is 1. The molecule has 3 rings (SSSR count). The first-order valence-corrected chi connectivity index (χ1v) is 7.01. The van der Waals surface area contributed by atoms with E-state index in [4.69, 9.17) is 0 Å². The second-order valence-corrected chi connectivity index (χ2v) is 5.60. The van der Waals surface area contributed by atoms with Gasteiger partial charge in [-0.3, -0.25) is 0 Å². The number of hydrogen-bond acceptors (Lipinski definition) is 3. The van der Waals surface area contributed by atoms with Gasteiger partial charge in [0.1, 0.15) is 0 Å². The molecular formula is C16H14N2S. The van der Waals surface area contributed by atoms with Crippen LogP contribution in [-0.4, -0.2) is 9.97 Å². The number of nitrogens with zero attached hydrogens (tertiary/aromatic N) is 2. The summed E-state index contributed by atoms with van der Waals surface area (Å²) in [6, 6.07) is 14.5. The van der Waals surface area contributed by atoms with Crippen LogP contribution in [0.4, 0.5) is 0 Å². The van der Waals surface area contributed by atoms with Crippen LogP contribution in [0.15, 0.2) is 58.7 Å². The van der Waals surface area contributed by atoms with Gasteiger partial charge in [0.15, 0.2) is 5.16 Å². The quantitative estimate of drug-likeness (QED) is 0.643. The molecule has 0 spiro atoms. The van der Waals surface area contributed by atoms with Gasteiger partial charge in [-0.15, -0.1) is 0 Å². The molecule has 0 saturated carbocycles. The fraction of sp³-hybridized carbons (Fsp3) is 0.125. The maximum atomic E-state index is 4.57. The highest BCUT2D eigenvalue weighted by atomic mass is 32.2. The van der Waals surface area contributed by atoms with Gasteiger partial charge < -0.3 is 0 Å². The summed E-state index contributed by atoms with van der Waals surface area (Å²) in [7, 11) is 0. The second-order valence-electron chi connectivity index (χ2n) is 4.56. The van der Waals surface area contributed by atoms with Crippen molar-refractivity contribution in [3.05, 3.63) is 59.8 Å². The lowest BCUT2D eigenvalue weighted by Crippen LogP contribution is -1.88. The predicted molar refractivity (Wildman–Crippen MR) is 79.6 cm³/mol. The van der Waals surface area contributed by atoms with E-state index in [0.29, 0.717) is 0 Å². The molecule has 0 unspecified atom stereocenters. The molecule has 0 N–H and O–H groups in total. The molecule has 0 aliphatic rings. The van der Waals surface area contributed by atoms with E-state index in [2.05, 4.69) is 42.0 Å². The van der Waals surface area contributed by atoms with Crippen LogP contribution in [0.2, 0.25) is 0 Å². The van der Waals surface area contributed by atoms with E-state index in [1.165, 1.54) is 16.0 Å². The summed E-state index contributed by atoms with van der Waals surface area (Å²) in [6.07, 6.45) is 1.88. The first-order valence-electron chi connectivity index (χ1n) is 6.19. The van der Waals surface area contributed by atoms with Crippen molar-refractivity contribution in [2.75, 3.05) is 0 Å². The Morgan fingerprint density at radius 3 is 2.63 bits per heavy atom. The van der Waals surface area contributed by atoms with Gasteiger partial charge >= 0.3 is 0 Å². The molecule has 0 saturated heterocycles. The highest BCUT2D eigenvalue weighted by Crippen LogP contribution is 2.27. The van der Waals surface area contributed by atoms with Gasteiger partial charge in [0, 0.05) is 16.5 Å². The third-order valence-corrected chi connectivity index (χ3v) is 4.02. The Balaban J connectivity index is 1.94. The van der Waals surface area contributed by atoms with Crippen LogP contribution in [0.3, 0.4) is 0 Å². The fourth-order valence-corrected chi connectivity index (χ4v) is 2.72. The summed E-state index contributed by atoms with van der Waals surface area (Å²) in [6.45, 7) is 4.25. The molecule has 2 aromatic carbocycles. The number of aryl methyl sites for hydroxylation is 2. The van der Waals surface area contributed by atoms with E-state index in [9.17, 15) is 0 Å². The van der Waals surface area contributed by atoms with Gasteiger partial charge in [0.25, 0.3) is 0 Å². The molecule has 0 fully saturated rings. The molecule has 3 heteroatoms. The summed E-state index contributed by atoms with van der Waals surface area (Å²) in [5, 5.41) is 1.87. The van der Waals surface area contributed by atoms with Crippen LogP contribution in [0, 0.1) is 13.8 Å². The van der Waals surface area contributed by atoms with Gasteiger partial charge in [0.2, 0.25) is 0 Å². The van der Waals surface area contributed by atoms with Crippen molar-refractivity contribution in [3.63, 3.8) is 0 Å². The number of para-hydroxylation sites is 1. The Morgan fingerprint density at radius 2 is 1.79 bits per heavy atom. The SMILES string of the molecule is Cc1ccc(Sc2ncc3ccccc3n2)cc1C. The van der Waals surface area contributed by atoms with Crippen molar-refractivity contribution in [1.82, 2.24) is 9.97 Å². The molecule has 0 radical (unpaired) electrons. The molecule has 0 bridgehead atoms. The van der Waals surface area contributed by atoms with Crippen molar-refractivity contribution in [2.45, 2.75) is 23.9 Å². The van der Waals surface area contributed by atoms with Crippen molar-refractivity contribution >= 4 is 22.7 Å². The smallest absolute Gasteiger partial charge is 0.192 e. The zero-order valence-corrected chi connectivity index (χ0v) is 11.7. The molecule has 1 heterocycles. The number of benzene rings is 2. The molecule has 0 atom stereocenters. The van der Waals surface area contributed by atoms with Crippen LogP contribution in [-0.2, 0) is 0 Å². The largest absolute Gasteiger partial charge is 0.230 e. The minimum Gasteiger partial charge on any atom is -0.230 e. The lowest BCUT2D eigenvalue weighted by atomic mass is 10.1. The first-order chi connectivity index (χ1) is 9.22. The van der Waals surface area contributed by atoms with E-state index in [1.807, 2.05) is 30.5 Å². The van der Waals surface area contributed by atoms with Crippen LogP contribution in [0.25, 0.3) is 10.9 Å². The molecule has 0 aliphatic carbocycles. The number of aromatic nitrogens is 2. The maximum absolute atomic E-state index is 4.57. The second kappa shape index (κ2) is 5.02. The zero-order valence-electron chi connectivity index (χ0n) is 10.9. The monoisotopic (exact) mass is 266 g/mol. The molecule has 1 aromatic heterocycles. The Labute approximate surface area is 116 Å². The summed E-state index contributed by atoms with van der Waals surface area (Å²) in [5.41, 5.74) is 3.60. The van der Waals surface area contributed by atoms with Crippen molar-refractivity contribution in [1.29, 1.82) is 0 Å². The standard InChI is InChI=1S/C16H14N2S/c1-11-7-8-14(9-12(11)2)19-16-17-10-13-5-3-4-6-15(13)18-16/h3-10H,1-2H3. The van der Waals surface area contributed by atoms with Crippen LogP contribution in [0.5, 0.6) is 0 Å². The molecule has 19 heavy (non-hydrogen) atoms. The van der Waals surface area contributed by atoms with Crippen molar-refractivity contribution < 1.29 is 0 Å². The average Bonchev–Trinajstić information content (AvgIpc) is 2.43. The van der Waals surface area contributed by atoms with Gasteiger partial charge in [-0.2, -0.15) is 0 Å². The number of hydrogen-bond donors (Lipinski definition) is 0. The minimum atomic E-state index is 0.793. The summed E-state index contributed by atoms with van der Waals surface area (Å²) in [5.74, 6) is 0. The summed E-state index contributed by atoms with van der Waals surface area (Å²) < 4.78 is 0. The van der Waals surface area contributed by atoms with Gasteiger partial charge in [-0.1, -0.05) is 24.3 Å². The van der Waals surface area contributed by atoms with E-state index in [1.54, 1.807) is 11.8 Å². The third kappa shape index (κ3) is 2.61. The van der Waals surface area contributed by atoms with Crippen LogP contribution < -0.4 is 0 Å². The highest BCUT2D eigenvalue weighted by Gasteiger charge is 2.03. The van der Waals surface area contributed by atoms with Gasteiger partial charge in [-0.05, 0) is 54.9 Å². The summed E-state index contributed by atoms with van der Waals surface area (Å²) >= 11 is 1.60. The lowest BCUT2D eigenvalue weighted by molar-refractivity contribution is 1.00. The van der Waals surface area contributed by atoms with Crippen LogP contribution in [0.1, 0.15) is 11.1 Å². The van der Waals surface area contributed by atoms with Gasteiger partial charge in [0.05, 0.1) is 5.52 Å². The topological polar surface area (TPSA) is 25.8 Å². The molecular weight excluding hydrogens is 252 g/mol. The molecule has 94 valence electrons. The Hall–Kier alpha value is -1.87. The van der Waals surface area contributed by atoms with Crippen LogP contribution >= 0.6 is 11.8 Å². The highest BCUT2D eigenvalue weighted by molar-refractivity contribution is 7.99. The first kappa shape index (κ1) is 12.2. The third-order valence-electron chi connectivity index (χ3n) is 3.15. The molecule has 0 amide bonds. The van der Waals surface area contributed by atoms with E-state index in [0.717, 1.165) is 16.1 Å². The van der Waals surface area contributed by atoms with Gasteiger partial charge in [-0.25, -0.2) is 9.97 Å². The Kier molecular flexibility index (Phi) is 3.22. The minimum absolute atomic E-state index is 0.793. The fourth-order valence-electron chi connectivity index (χ4n) is 1.89. The van der Waals surface area contributed by atoms with E-state index >= 15 is 0 Å². The maximum Gasteiger partial charge on any atom is 0.192 e. The average molecular weight is 266 g/mol. The van der Waals surface area contributed by atoms with Crippen molar-refractivity contribution in [3.8, 4) is 0 Å². The predicted octanol–water partition coefficient (Wildman–Crippen LogP) is 4.40. The molecule has 3 aromatic rings. The zero-order chi connectivity index (χ0) is 13.2. The van der Waals surface area contributed by atoms with Crippen molar-refractivity contribution in [2.24, 2.45) is 0 Å². The molecule has 0 aliphatic heterocycles. The molecule has 2 nitrogen and oxygen atoms in total. The lowest BCUT2D eigenvalue weighted by Gasteiger charge is -2.04. The Bertz CT molecular complexity index is 738. The Morgan fingerprint density at radius 1 is 0.947 bits per heavy atom. The number of rotatable bonds is 2.